The van der Waals surface area contributed by atoms with Gasteiger partial charge in [0.2, 0.25) is 0 Å². The van der Waals surface area contributed by atoms with Crippen molar-refractivity contribution < 1.29 is 0 Å². The van der Waals surface area contributed by atoms with Crippen LogP contribution in [-0.4, -0.2) is 21.8 Å². The fraction of sp³-hybridized carbons (Fsp3) is 0.636. The van der Waals surface area contributed by atoms with Crippen molar-refractivity contribution in [3.05, 3.63) is 27.9 Å². The Morgan fingerprint density at radius 3 is 2.75 bits per heavy atom. The molecular weight excluding hydrogens is 222 g/mol. The summed E-state index contributed by atoms with van der Waals surface area (Å²) in [5.74, 6) is 1.48. The molecular formula is C11H19N3OS. The highest BCUT2D eigenvalue weighted by atomic mass is 32.2. The van der Waals surface area contributed by atoms with Crippen LogP contribution in [0.15, 0.2) is 10.9 Å². The molecule has 2 N–H and O–H groups in total. The van der Waals surface area contributed by atoms with Crippen molar-refractivity contribution >= 4 is 11.8 Å². The Kier molecular flexibility index (Phi) is 4.56. The minimum atomic E-state index is -0.0789. The maximum absolute atomic E-state index is 11.4. The quantitative estimate of drug-likeness (QED) is 0.839. The fourth-order valence-corrected chi connectivity index (χ4v) is 1.62. The van der Waals surface area contributed by atoms with Gasteiger partial charge >= 0.3 is 0 Å². The molecule has 0 radical (unpaired) electrons. The van der Waals surface area contributed by atoms with Crippen LogP contribution in [0.3, 0.4) is 0 Å². The predicted octanol–water partition coefficient (Wildman–Crippen LogP) is 1.52. The summed E-state index contributed by atoms with van der Waals surface area (Å²) in [7, 11) is 0. The van der Waals surface area contributed by atoms with Crippen molar-refractivity contribution in [1.29, 1.82) is 0 Å². The zero-order chi connectivity index (χ0) is 12.2. The summed E-state index contributed by atoms with van der Waals surface area (Å²) >= 11 is 1.64. The van der Waals surface area contributed by atoms with Gasteiger partial charge < -0.3 is 10.3 Å². The van der Waals surface area contributed by atoms with E-state index in [0.29, 0.717) is 6.54 Å². The Balaban J connectivity index is 2.76. The monoisotopic (exact) mass is 241 g/mol. The van der Waals surface area contributed by atoms with Crippen molar-refractivity contribution in [2.75, 3.05) is 6.26 Å². The van der Waals surface area contributed by atoms with Crippen LogP contribution in [0.5, 0.6) is 0 Å². The number of aromatic amines is 1. The Morgan fingerprint density at radius 1 is 1.50 bits per heavy atom. The van der Waals surface area contributed by atoms with Crippen molar-refractivity contribution in [2.45, 2.75) is 38.6 Å². The average Bonchev–Trinajstić information content (AvgIpc) is 2.13. The van der Waals surface area contributed by atoms with E-state index in [1.165, 1.54) is 0 Å². The van der Waals surface area contributed by atoms with Crippen molar-refractivity contribution in [2.24, 2.45) is 0 Å². The highest BCUT2D eigenvalue weighted by molar-refractivity contribution is 7.97. The number of aromatic nitrogens is 2. The maximum Gasteiger partial charge on any atom is 0.251 e. The molecule has 1 aromatic heterocycles. The minimum Gasteiger partial charge on any atom is -0.310 e. The molecule has 1 rings (SSSR count). The van der Waals surface area contributed by atoms with Gasteiger partial charge in [0, 0.05) is 18.2 Å². The molecule has 1 aromatic rings. The SMILES string of the molecule is CSCc1nc(CNC(C)(C)C)cc(=O)[nH]1. The Hall–Kier alpha value is -0.810. The van der Waals surface area contributed by atoms with E-state index in [0.717, 1.165) is 17.3 Å². The van der Waals surface area contributed by atoms with Crippen LogP contribution >= 0.6 is 11.8 Å². The third kappa shape index (κ3) is 4.81. The van der Waals surface area contributed by atoms with Crippen molar-refractivity contribution in [3.8, 4) is 0 Å². The first kappa shape index (κ1) is 13.3. The van der Waals surface area contributed by atoms with E-state index in [1.807, 2.05) is 6.26 Å². The summed E-state index contributed by atoms with van der Waals surface area (Å²) in [6, 6.07) is 1.54. The zero-order valence-electron chi connectivity index (χ0n) is 10.3. The molecule has 0 aliphatic carbocycles. The predicted molar refractivity (Wildman–Crippen MR) is 68.7 cm³/mol. The molecule has 16 heavy (non-hydrogen) atoms. The number of rotatable bonds is 4. The highest BCUT2D eigenvalue weighted by Gasteiger charge is 2.09. The van der Waals surface area contributed by atoms with Crippen LogP contribution in [0.25, 0.3) is 0 Å². The number of nitrogens with zero attached hydrogens (tertiary/aromatic N) is 1. The van der Waals surface area contributed by atoms with Gasteiger partial charge in [0.15, 0.2) is 0 Å². The summed E-state index contributed by atoms with van der Waals surface area (Å²) in [5.41, 5.74) is 0.747. The lowest BCUT2D eigenvalue weighted by atomic mass is 10.1. The highest BCUT2D eigenvalue weighted by Crippen LogP contribution is 2.04. The van der Waals surface area contributed by atoms with Gasteiger partial charge in [-0.1, -0.05) is 0 Å². The molecule has 0 spiro atoms. The summed E-state index contributed by atoms with van der Waals surface area (Å²) in [6.45, 7) is 6.88. The first-order chi connectivity index (χ1) is 7.40. The Bertz CT molecular complexity index is 395. The van der Waals surface area contributed by atoms with E-state index in [1.54, 1.807) is 17.8 Å². The second kappa shape index (κ2) is 5.50. The normalized spacial score (nSPS) is 11.8. The number of thioether (sulfide) groups is 1. The largest absolute Gasteiger partial charge is 0.310 e. The summed E-state index contributed by atoms with van der Waals surface area (Å²) in [4.78, 5) is 18.5. The second-order valence-electron chi connectivity index (χ2n) is 4.72. The van der Waals surface area contributed by atoms with Crippen LogP contribution in [-0.2, 0) is 12.3 Å². The molecule has 0 atom stereocenters. The third-order valence-electron chi connectivity index (χ3n) is 1.92. The van der Waals surface area contributed by atoms with Gasteiger partial charge in [-0.3, -0.25) is 4.79 Å². The molecule has 0 unspecified atom stereocenters. The standard InChI is InChI=1S/C11H19N3OS/c1-11(2,3)12-6-8-5-10(15)14-9(13-8)7-16-4/h5,12H,6-7H2,1-4H3,(H,13,14,15). The summed E-state index contributed by atoms with van der Waals surface area (Å²) in [5, 5.41) is 3.31. The number of nitrogens with one attached hydrogen (secondary N) is 2. The van der Waals surface area contributed by atoms with Gasteiger partial charge in [-0.15, -0.1) is 0 Å². The molecule has 1 heterocycles. The van der Waals surface area contributed by atoms with Crippen molar-refractivity contribution in [1.82, 2.24) is 15.3 Å². The molecule has 0 aromatic carbocycles. The number of hydrogen-bond acceptors (Lipinski definition) is 4. The average molecular weight is 241 g/mol. The topological polar surface area (TPSA) is 57.8 Å². The fourth-order valence-electron chi connectivity index (χ4n) is 1.21. The van der Waals surface area contributed by atoms with Crippen molar-refractivity contribution in [3.63, 3.8) is 0 Å². The molecule has 5 heteroatoms. The zero-order valence-corrected chi connectivity index (χ0v) is 11.1. The van der Waals surface area contributed by atoms with Gasteiger partial charge in [0.25, 0.3) is 5.56 Å². The molecule has 0 amide bonds. The van der Waals surface area contributed by atoms with E-state index < -0.39 is 0 Å². The van der Waals surface area contributed by atoms with Crippen LogP contribution < -0.4 is 10.9 Å². The maximum atomic E-state index is 11.4. The van der Waals surface area contributed by atoms with Crippen LogP contribution in [0.4, 0.5) is 0 Å². The van der Waals surface area contributed by atoms with E-state index in [-0.39, 0.29) is 11.1 Å². The number of H-pyrrole nitrogens is 1. The molecule has 0 saturated heterocycles. The molecule has 0 aliphatic heterocycles. The molecule has 0 saturated carbocycles. The lowest BCUT2D eigenvalue weighted by Crippen LogP contribution is -2.35. The molecule has 0 bridgehead atoms. The van der Waals surface area contributed by atoms with E-state index in [4.69, 9.17) is 0 Å². The lowest BCUT2D eigenvalue weighted by Gasteiger charge is -2.20. The van der Waals surface area contributed by atoms with Crippen LogP contribution in [0.2, 0.25) is 0 Å². The smallest absolute Gasteiger partial charge is 0.251 e. The summed E-state index contributed by atoms with van der Waals surface area (Å²) < 4.78 is 0. The Labute approximate surface area is 100 Å². The second-order valence-corrected chi connectivity index (χ2v) is 5.59. The van der Waals surface area contributed by atoms with E-state index in [9.17, 15) is 4.79 Å². The van der Waals surface area contributed by atoms with Gasteiger partial charge in [0.1, 0.15) is 5.82 Å². The molecule has 0 fully saturated rings. The van der Waals surface area contributed by atoms with Gasteiger partial charge in [-0.2, -0.15) is 11.8 Å². The molecule has 4 nitrogen and oxygen atoms in total. The first-order valence-corrected chi connectivity index (χ1v) is 6.63. The van der Waals surface area contributed by atoms with Gasteiger partial charge in [0.05, 0.1) is 11.4 Å². The van der Waals surface area contributed by atoms with E-state index >= 15 is 0 Å². The summed E-state index contributed by atoms with van der Waals surface area (Å²) in [6.07, 6.45) is 1.99. The minimum absolute atomic E-state index is 0.0317. The van der Waals surface area contributed by atoms with Gasteiger partial charge in [-0.25, -0.2) is 4.98 Å². The lowest BCUT2D eigenvalue weighted by molar-refractivity contribution is 0.420. The van der Waals surface area contributed by atoms with Crippen LogP contribution in [0.1, 0.15) is 32.3 Å². The van der Waals surface area contributed by atoms with E-state index in [2.05, 4.69) is 36.1 Å². The Morgan fingerprint density at radius 2 is 2.19 bits per heavy atom. The van der Waals surface area contributed by atoms with Gasteiger partial charge in [-0.05, 0) is 27.0 Å². The molecule has 90 valence electrons. The number of hydrogen-bond donors (Lipinski definition) is 2. The van der Waals surface area contributed by atoms with Crippen LogP contribution in [0, 0.1) is 0 Å². The third-order valence-corrected chi connectivity index (χ3v) is 2.49. The first-order valence-electron chi connectivity index (χ1n) is 5.24. The molecule has 0 aliphatic rings.